The van der Waals surface area contributed by atoms with E-state index >= 15 is 0 Å². The third-order valence-corrected chi connectivity index (χ3v) is 5.34. The van der Waals surface area contributed by atoms with Crippen molar-refractivity contribution in [3.05, 3.63) is 28.7 Å². The molecule has 1 fully saturated rings. The zero-order valence-corrected chi connectivity index (χ0v) is 15.9. The van der Waals surface area contributed by atoms with E-state index in [1.165, 1.54) is 24.3 Å². The molecule has 0 aromatic carbocycles. The number of esters is 1. The molecule has 1 aromatic rings. The lowest BCUT2D eigenvalue weighted by atomic mass is 10.1. The second-order valence-electron chi connectivity index (χ2n) is 7.16. The molecule has 1 heterocycles. The van der Waals surface area contributed by atoms with Crippen molar-refractivity contribution < 1.29 is 19.1 Å². The standard InChI is InChI=1S/C18H24N2O4S/c1-9(2)8-12-13(18(12,4)5)17(23)24-10(3)15(22)20-16-11(14(19)21)6-7-25-16/h6-8,10,12-13H,1-5H3,(H2,19,21)(H,20,22)/t10-,12+,13-/m0/s1. The molecule has 0 saturated heterocycles. The van der Waals surface area contributed by atoms with Gasteiger partial charge in [-0.25, -0.2) is 0 Å². The van der Waals surface area contributed by atoms with E-state index in [0.717, 1.165) is 5.57 Å². The Hall–Kier alpha value is -2.15. The quantitative estimate of drug-likeness (QED) is 0.599. The molecule has 3 N–H and O–H groups in total. The lowest BCUT2D eigenvalue weighted by Crippen LogP contribution is -2.31. The molecule has 1 aliphatic carbocycles. The first-order valence-electron chi connectivity index (χ1n) is 8.09. The topological polar surface area (TPSA) is 98.5 Å². The molecule has 1 saturated carbocycles. The SMILES string of the molecule is CC(C)=C[C@@H]1[C@@H](C(=O)O[C@@H](C)C(=O)Nc2sccc2C(N)=O)C1(C)C. The summed E-state index contributed by atoms with van der Waals surface area (Å²) in [7, 11) is 0. The monoisotopic (exact) mass is 364 g/mol. The van der Waals surface area contributed by atoms with Gasteiger partial charge in [-0.3, -0.25) is 14.4 Å². The van der Waals surface area contributed by atoms with Gasteiger partial charge >= 0.3 is 5.97 Å². The van der Waals surface area contributed by atoms with Crippen molar-refractivity contribution in [2.24, 2.45) is 23.0 Å². The number of hydrogen-bond acceptors (Lipinski definition) is 5. The molecule has 25 heavy (non-hydrogen) atoms. The van der Waals surface area contributed by atoms with Crippen LogP contribution in [0, 0.1) is 17.3 Å². The van der Waals surface area contributed by atoms with Crippen LogP contribution in [0.3, 0.4) is 0 Å². The average Bonchev–Trinajstić information content (AvgIpc) is 2.84. The van der Waals surface area contributed by atoms with Gasteiger partial charge in [-0.05, 0) is 43.6 Å². The number of rotatable bonds is 6. The predicted octanol–water partition coefficient (Wildman–Crippen LogP) is 2.96. The minimum absolute atomic E-state index is 0.124. The normalized spacial score (nSPS) is 21.8. The maximum Gasteiger partial charge on any atom is 0.310 e. The van der Waals surface area contributed by atoms with E-state index in [4.69, 9.17) is 10.5 Å². The summed E-state index contributed by atoms with van der Waals surface area (Å²) < 4.78 is 5.34. The fourth-order valence-corrected chi connectivity index (χ4v) is 3.71. The van der Waals surface area contributed by atoms with E-state index in [-0.39, 0.29) is 28.8 Å². The summed E-state index contributed by atoms with van der Waals surface area (Å²) in [5.41, 5.74) is 6.47. The summed E-state index contributed by atoms with van der Waals surface area (Å²) >= 11 is 1.19. The second kappa shape index (κ2) is 7.00. The summed E-state index contributed by atoms with van der Waals surface area (Å²) in [5.74, 6) is -1.61. The Balaban J connectivity index is 1.97. The average molecular weight is 364 g/mol. The van der Waals surface area contributed by atoms with E-state index in [1.807, 2.05) is 27.7 Å². The third kappa shape index (κ3) is 4.10. The summed E-state index contributed by atoms with van der Waals surface area (Å²) in [5, 5.41) is 4.60. The van der Waals surface area contributed by atoms with Gasteiger partial charge in [-0.2, -0.15) is 0 Å². The van der Waals surface area contributed by atoms with Crippen LogP contribution in [0.4, 0.5) is 5.00 Å². The molecule has 0 aliphatic heterocycles. The zero-order valence-electron chi connectivity index (χ0n) is 15.1. The van der Waals surface area contributed by atoms with Gasteiger partial charge in [0, 0.05) is 0 Å². The molecule has 2 rings (SSSR count). The summed E-state index contributed by atoms with van der Waals surface area (Å²) in [6.07, 6.45) is 1.11. The largest absolute Gasteiger partial charge is 0.452 e. The van der Waals surface area contributed by atoms with E-state index in [9.17, 15) is 14.4 Å². The van der Waals surface area contributed by atoms with Crippen LogP contribution in [0.15, 0.2) is 23.1 Å². The van der Waals surface area contributed by atoms with Gasteiger partial charge in [0.1, 0.15) is 5.00 Å². The van der Waals surface area contributed by atoms with Crippen LogP contribution in [0.1, 0.15) is 45.0 Å². The van der Waals surface area contributed by atoms with Crippen molar-refractivity contribution in [1.82, 2.24) is 0 Å². The van der Waals surface area contributed by atoms with Crippen molar-refractivity contribution in [2.45, 2.75) is 40.7 Å². The molecule has 6 nitrogen and oxygen atoms in total. The first kappa shape index (κ1) is 19.2. The molecule has 2 amide bonds. The minimum atomic E-state index is -0.959. The van der Waals surface area contributed by atoms with Crippen LogP contribution >= 0.6 is 11.3 Å². The van der Waals surface area contributed by atoms with Gasteiger partial charge in [-0.1, -0.05) is 25.5 Å². The highest BCUT2D eigenvalue weighted by atomic mass is 32.1. The predicted molar refractivity (Wildman–Crippen MR) is 97.2 cm³/mol. The number of nitrogens with one attached hydrogen (secondary N) is 1. The highest BCUT2D eigenvalue weighted by molar-refractivity contribution is 7.14. The highest BCUT2D eigenvalue weighted by Gasteiger charge is 2.61. The van der Waals surface area contributed by atoms with E-state index in [0.29, 0.717) is 5.00 Å². The fourth-order valence-electron chi connectivity index (χ4n) is 2.91. The minimum Gasteiger partial charge on any atom is -0.452 e. The van der Waals surface area contributed by atoms with Gasteiger partial charge in [0.15, 0.2) is 6.10 Å². The van der Waals surface area contributed by atoms with E-state index in [1.54, 1.807) is 5.38 Å². The van der Waals surface area contributed by atoms with Crippen molar-refractivity contribution >= 4 is 34.1 Å². The van der Waals surface area contributed by atoms with Crippen LogP contribution in [-0.4, -0.2) is 23.9 Å². The first-order chi connectivity index (χ1) is 11.6. The Bertz CT molecular complexity index is 731. The van der Waals surface area contributed by atoms with Crippen molar-refractivity contribution in [3.63, 3.8) is 0 Å². The molecule has 7 heteroatoms. The number of nitrogens with two attached hydrogens (primary N) is 1. The summed E-state index contributed by atoms with van der Waals surface area (Å²) in [6, 6.07) is 1.54. The van der Waals surface area contributed by atoms with Gasteiger partial charge in [0.2, 0.25) is 0 Å². The summed E-state index contributed by atoms with van der Waals surface area (Å²) in [4.78, 5) is 35.9. The molecule has 0 spiro atoms. The molecule has 0 radical (unpaired) electrons. The number of amides is 2. The smallest absolute Gasteiger partial charge is 0.310 e. The van der Waals surface area contributed by atoms with E-state index in [2.05, 4.69) is 11.4 Å². The number of anilines is 1. The number of ether oxygens (including phenoxy) is 1. The Kier molecular flexibility index (Phi) is 5.37. The maximum atomic E-state index is 12.4. The molecule has 136 valence electrons. The Morgan fingerprint density at radius 1 is 1.36 bits per heavy atom. The van der Waals surface area contributed by atoms with Gasteiger partial charge < -0.3 is 15.8 Å². The lowest BCUT2D eigenvalue weighted by Gasteiger charge is -2.14. The number of primary amides is 1. The second-order valence-corrected chi connectivity index (χ2v) is 8.08. The zero-order chi connectivity index (χ0) is 18.9. The first-order valence-corrected chi connectivity index (χ1v) is 8.97. The Morgan fingerprint density at radius 3 is 2.56 bits per heavy atom. The number of thiophene rings is 1. The molecule has 0 unspecified atom stereocenters. The van der Waals surface area contributed by atoms with Crippen LogP contribution in [-0.2, 0) is 14.3 Å². The Labute approximate surface area is 151 Å². The van der Waals surface area contributed by atoms with E-state index < -0.39 is 17.9 Å². The van der Waals surface area contributed by atoms with Crippen molar-refractivity contribution in [1.29, 1.82) is 0 Å². The molecule has 1 aliphatic rings. The fraction of sp³-hybridized carbons (Fsp3) is 0.500. The maximum absolute atomic E-state index is 12.4. The molecule has 3 atom stereocenters. The molecule has 0 bridgehead atoms. The molecular formula is C18H24N2O4S. The van der Waals surface area contributed by atoms with Crippen molar-refractivity contribution in [3.8, 4) is 0 Å². The molecular weight excluding hydrogens is 340 g/mol. The third-order valence-electron chi connectivity index (χ3n) is 4.51. The van der Waals surface area contributed by atoms with Gasteiger partial charge in [0.25, 0.3) is 11.8 Å². The Morgan fingerprint density at radius 2 is 2.00 bits per heavy atom. The van der Waals surface area contributed by atoms with Gasteiger partial charge in [0.05, 0.1) is 11.5 Å². The van der Waals surface area contributed by atoms with Crippen LogP contribution in [0.2, 0.25) is 0 Å². The highest BCUT2D eigenvalue weighted by Crippen LogP contribution is 2.59. The summed E-state index contributed by atoms with van der Waals surface area (Å²) in [6.45, 7) is 9.52. The van der Waals surface area contributed by atoms with Crippen LogP contribution in [0.25, 0.3) is 0 Å². The molecule has 1 aromatic heterocycles. The lowest BCUT2D eigenvalue weighted by molar-refractivity contribution is -0.155. The van der Waals surface area contributed by atoms with Crippen molar-refractivity contribution in [2.75, 3.05) is 5.32 Å². The van der Waals surface area contributed by atoms with Gasteiger partial charge in [-0.15, -0.1) is 11.3 Å². The van der Waals surface area contributed by atoms with Crippen LogP contribution < -0.4 is 11.1 Å². The number of carbonyl (C=O) groups excluding carboxylic acids is 3. The number of hydrogen-bond donors (Lipinski definition) is 2. The van der Waals surface area contributed by atoms with Crippen LogP contribution in [0.5, 0.6) is 0 Å². The number of allylic oxidation sites excluding steroid dienone is 2. The number of carbonyl (C=O) groups is 3.